The van der Waals surface area contributed by atoms with Gasteiger partial charge in [-0.15, -0.1) is 0 Å². The fourth-order valence-corrected chi connectivity index (χ4v) is 1.83. The number of rotatable bonds is 4. The first kappa shape index (κ1) is 13.9. The third-order valence-corrected chi connectivity index (χ3v) is 3.00. The lowest BCUT2D eigenvalue weighted by molar-refractivity contribution is -0.134. The van der Waals surface area contributed by atoms with E-state index in [2.05, 4.69) is 0 Å². The van der Waals surface area contributed by atoms with Gasteiger partial charge in [-0.25, -0.2) is 0 Å². The molecule has 2 rings (SSSR count). The molecule has 0 aromatic heterocycles. The van der Waals surface area contributed by atoms with Gasteiger partial charge in [-0.3, -0.25) is 4.79 Å². The van der Waals surface area contributed by atoms with E-state index in [4.69, 9.17) is 4.74 Å². The van der Waals surface area contributed by atoms with Crippen molar-refractivity contribution < 1.29 is 19.7 Å². The highest BCUT2D eigenvalue weighted by Crippen LogP contribution is 2.32. The van der Waals surface area contributed by atoms with E-state index in [9.17, 15) is 15.0 Å². The molecule has 0 aliphatic carbocycles. The quantitative estimate of drug-likeness (QED) is 0.663. The summed E-state index contributed by atoms with van der Waals surface area (Å²) in [7, 11) is 0. The second-order valence-electron chi connectivity index (χ2n) is 4.55. The first-order valence-corrected chi connectivity index (χ1v) is 6.33. The van der Waals surface area contributed by atoms with Crippen molar-refractivity contribution >= 4 is 5.97 Å². The van der Waals surface area contributed by atoms with Gasteiger partial charge in [-0.1, -0.05) is 30.3 Å². The molecule has 2 N–H and O–H groups in total. The van der Waals surface area contributed by atoms with Gasteiger partial charge in [-0.2, -0.15) is 0 Å². The van der Waals surface area contributed by atoms with Crippen molar-refractivity contribution in [2.45, 2.75) is 19.8 Å². The number of carbonyl (C=O) groups excluding carboxylic acids is 1. The zero-order chi connectivity index (χ0) is 14.5. The minimum atomic E-state index is -0.401. The van der Waals surface area contributed by atoms with Crippen LogP contribution in [0, 0.1) is 6.92 Å². The zero-order valence-corrected chi connectivity index (χ0v) is 11.2. The van der Waals surface area contributed by atoms with E-state index in [-0.39, 0.29) is 23.7 Å². The molecule has 0 fully saturated rings. The first-order chi connectivity index (χ1) is 9.56. The number of hydrogen-bond acceptors (Lipinski definition) is 4. The van der Waals surface area contributed by atoms with Crippen molar-refractivity contribution in [1.82, 2.24) is 0 Å². The van der Waals surface area contributed by atoms with Crippen LogP contribution in [0.15, 0.2) is 42.5 Å². The van der Waals surface area contributed by atoms with Crippen LogP contribution in [0.2, 0.25) is 0 Å². The molecule has 0 saturated carbocycles. The summed E-state index contributed by atoms with van der Waals surface area (Å²) in [5.41, 5.74) is 1.48. The Balaban J connectivity index is 1.98. The maximum atomic E-state index is 11.8. The molecule has 2 aromatic rings. The summed E-state index contributed by atoms with van der Waals surface area (Å²) in [6.45, 7) is 1.62. The molecule has 0 saturated heterocycles. The molecule has 4 heteroatoms. The number of ether oxygens (including phenoxy) is 1. The normalized spacial score (nSPS) is 10.2. The minimum absolute atomic E-state index is 0.101. The maximum absolute atomic E-state index is 11.8. The Bertz CT molecular complexity index is 605. The van der Waals surface area contributed by atoms with Gasteiger partial charge in [-0.05, 0) is 18.9 Å². The molecule has 0 bridgehead atoms. The Labute approximate surface area is 117 Å². The molecule has 0 unspecified atom stereocenters. The van der Waals surface area contributed by atoms with Gasteiger partial charge in [0.1, 0.15) is 17.2 Å². The number of aromatic hydroxyl groups is 2. The van der Waals surface area contributed by atoms with E-state index in [1.807, 2.05) is 30.3 Å². The minimum Gasteiger partial charge on any atom is -0.508 e. The monoisotopic (exact) mass is 272 g/mol. The number of benzene rings is 2. The summed E-state index contributed by atoms with van der Waals surface area (Å²) >= 11 is 0. The molecule has 104 valence electrons. The lowest BCUT2D eigenvalue weighted by atomic mass is 10.1. The Morgan fingerprint density at radius 3 is 2.55 bits per heavy atom. The van der Waals surface area contributed by atoms with Crippen molar-refractivity contribution in [3.8, 4) is 17.2 Å². The summed E-state index contributed by atoms with van der Waals surface area (Å²) in [6.07, 6.45) is 0.823. The molecule has 20 heavy (non-hydrogen) atoms. The number of phenols is 2. The van der Waals surface area contributed by atoms with Gasteiger partial charge in [0.15, 0.2) is 0 Å². The third kappa shape index (κ3) is 3.51. The van der Waals surface area contributed by atoms with Crippen LogP contribution in [0.5, 0.6) is 17.2 Å². The third-order valence-electron chi connectivity index (χ3n) is 3.00. The predicted molar refractivity (Wildman–Crippen MR) is 74.9 cm³/mol. The first-order valence-electron chi connectivity index (χ1n) is 6.33. The Morgan fingerprint density at radius 2 is 1.85 bits per heavy atom. The molecule has 0 radical (unpaired) electrons. The fourth-order valence-electron chi connectivity index (χ4n) is 1.83. The predicted octanol–water partition coefficient (Wildman–Crippen LogP) is 2.94. The number of hydrogen-bond donors (Lipinski definition) is 2. The largest absolute Gasteiger partial charge is 0.508 e. The van der Waals surface area contributed by atoms with E-state index in [0.717, 1.165) is 5.56 Å². The van der Waals surface area contributed by atoms with Crippen molar-refractivity contribution in [1.29, 1.82) is 0 Å². The molecule has 0 atom stereocenters. The molecule has 0 amide bonds. The average molecular weight is 272 g/mol. The van der Waals surface area contributed by atoms with E-state index in [1.165, 1.54) is 12.1 Å². The van der Waals surface area contributed by atoms with Gasteiger partial charge >= 0.3 is 5.97 Å². The van der Waals surface area contributed by atoms with E-state index in [1.54, 1.807) is 6.92 Å². The highest BCUT2D eigenvalue weighted by Gasteiger charge is 2.11. The Hall–Kier alpha value is -2.49. The van der Waals surface area contributed by atoms with E-state index >= 15 is 0 Å². The highest BCUT2D eigenvalue weighted by molar-refractivity contribution is 5.73. The van der Waals surface area contributed by atoms with Gasteiger partial charge in [0, 0.05) is 24.1 Å². The zero-order valence-electron chi connectivity index (χ0n) is 11.2. The van der Waals surface area contributed by atoms with Crippen molar-refractivity contribution in [2.24, 2.45) is 0 Å². The average Bonchev–Trinajstić information content (AvgIpc) is 2.43. The highest BCUT2D eigenvalue weighted by atomic mass is 16.5. The second-order valence-corrected chi connectivity index (χ2v) is 4.55. The number of esters is 1. The second kappa shape index (κ2) is 6.10. The van der Waals surface area contributed by atoms with Crippen LogP contribution >= 0.6 is 0 Å². The van der Waals surface area contributed by atoms with Crippen LogP contribution < -0.4 is 4.74 Å². The topological polar surface area (TPSA) is 66.8 Å². The van der Waals surface area contributed by atoms with E-state index in [0.29, 0.717) is 12.0 Å². The van der Waals surface area contributed by atoms with Crippen molar-refractivity contribution in [2.75, 3.05) is 0 Å². The van der Waals surface area contributed by atoms with Crippen LogP contribution in [0.1, 0.15) is 17.5 Å². The van der Waals surface area contributed by atoms with Gasteiger partial charge in [0.2, 0.25) is 0 Å². The summed E-state index contributed by atoms with van der Waals surface area (Å²) in [5, 5.41) is 18.9. The van der Waals surface area contributed by atoms with Crippen molar-refractivity contribution in [3.05, 3.63) is 53.6 Å². The van der Waals surface area contributed by atoms with Crippen LogP contribution in [-0.2, 0) is 11.2 Å². The molecular formula is C16H16O4. The van der Waals surface area contributed by atoms with Gasteiger partial charge < -0.3 is 14.9 Å². The lowest BCUT2D eigenvalue weighted by Crippen LogP contribution is -2.09. The fraction of sp³-hybridized carbons (Fsp3) is 0.188. The number of aryl methyl sites for hydroxylation is 1. The van der Waals surface area contributed by atoms with Crippen molar-refractivity contribution in [3.63, 3.8) is 0 Å². The standard InChI is InChI=1S/C16H16O4/c1-11-14(18)9-13(17)10-15(11)20-16(19)8-7-12-5-3-2-4-6-12/h2-6,9-10,17-18H,7-8H2,1H3. The van der Waals surface area contributed by atoms with Crippen LogP contribution in [0.4, 0.5) is 0 Å². The van der Waals surface area contributed by atoms with Crippen LogP contribution in [0.3, 0.4) is 0 Å². The molecule has 0 heterocycles. The lowest BCUT2D eigenvalue weighted by Gasteiger charge is -2.09. The molecular weight excluding hydrogens is 256 g/mol. The Kier molecular flexibility index (Phi) is 4.25. The SMILES string of the molecule is Cc1c(O)cc(O)cc1OC(=O)CCc1ccccc1. The molecule has 0 aliphatic heterocycles. The molecule has 2 aromatic carbocycles. The summed E-state index contributed by atoms with van der Waals surface area (Å²) < 4.78 is 5.17. The molecule has 4 nitrogen and oxygen atoms in total. The summed E-state index contributed by atoms with van der Waals surface area (Å²) in [6, 6.07) is 12.2. The number of phenolic OH excluding ortho intramolecular Hbond substituents is 2. The molecule has 0 spiro atoms. The summed E-state index contributed by atoms with van der Waals surface area (Å²) in [5.74, 6) is -0.461. The Morgan fingerprint density at radius 1 is 1.15 bits per heavy atom. The van der Waals surface area contributed by atoms with Crippen LogP contribution in [-0.4, -0.2) is 16.2 Å². The molecule has 0 aliphatic rings. The van der Waals surface area contributed by atoms with Crippen LogP contribution in [0.25, 0.3) is 0 Å². The smallest absolute Gasteiger partial charge is 0.311 e. The number of carbonyl (C=O) groups is 1. The summed E-state index contributed by atoms with van der Waals surface area (Å²) in [4.78, 5) is 11.8. The maximum Gasteiger partial charge on any atom is 0.311 e. The van der Waals surface area contributed by atoms with Gasteiger partial charge in [0.25, 0.3) is 0 Å². The van der Waals surface area contributed by atoms with E-state index < -0.39 is 5.97 Å². The van der Waals surface area contributed by atoms with Gasteiger partial charge in [0.05, 0.1) is 0 Å².